The number of hydrogen-bond acceptors (Lipinski definition) is 8. The number of benzene rings is 1. The Morgan fingerprint density at radius 1 is 1.13 bits per heavy atom. The Morgan fingerprint density at radius 3 is 2.56 bits per heavy atom. The van der Waals surface area contributed by atoms with E-state index in [9.17, 15) is 4.79 Å². The fourth-order valence-corrected chi connectivity index (χ4v) is 6.46. The SMILES string of the molecule is C=C1N(C)c2cnc(Nc3ccc(C(=O)NC4CCN(C)CC4)cc3OC)nc2N(C2CCCC2)CC12CC2. The first-order valence-corrected chi connectivity index (χ1v) is 14.4. The predicted octanol–water partition coefficient (Wildman–Crippen LogP) is 4.55. The summed E-state index contributed by atoms with van der Waals surface area (Å²) in [6.45, 7) is 7.45. The van der Waals surface area contributed by atoms with Crippen LogP contribution in [0.5, 0.6) is 5.75 Å². The molecule has 2 saturated carbocycles. The van der Waals surface area contributed by atoms with E-state index in [0.717, 1.165) is 49.7 Å². The Kier molecular flexibility index (Phi) is 6.87. The third-order valence-electron chi connectivity index (χ3n) is 9.26. The summed E-state index contributed by atoms with van der Waals surface area (Å²) in [6.07, 6.45) is 11.2. The molecule has 1 saturated heterocycles. The highest BCUT2D eigenvalue weighted by Gasteiger charge is 2.51. The van der Waals surface area contributed by atoms with Gasteiger partial charge in [0.1, 0.15) is 11.4 Å². The summed E-state index contributed by atoms with van der Waals surface area (Å²) in [5.41, 5.74) is 3.64. The number of anilines is 4. The zero-order valence-corrected chi connectivity index (χ0v) is 23.5. The summed E-state index contributed by atoms with van der Waals surface area (Å²) >= 11 is 0. The highest BCUT2D eigenvalue weighted by Crippen LogP contribution is 2.57. The van der Waals surface area contributed by atoms with Crippen molar-refractivity contribution >= 4 is 29.0 Å². The van der Waals surface area contributed by atoms with Gasteiger partial charge in [0.2, 0.25) is 5.95 Å². The normalized spacial score (nSPS) is 21.6. The monoisotopic (exact) mass is 531 g/mol. The molecule has 0 bridgehead atoms. The molecule has 208 valence electrons. The van der Waals surface area contributed by atoms with Gasteiger partial charge in [0.15, 0.2) is 5.82 Å². The number of hydrogen-bond donors (Lipinski definition) is 2. The number of methoxy groups -OCH3 is 1. The van der Waals surface area contributed by atoms with Gasteiger partial charge in [-0.15, -0.1) is 0 Å². The van der Waals surface area contributed by atoms with Gasteiger partial charge in [0.25, 0.3) is 5.91 Å². The Hall–Kier alpha value is -3.33. The van der Waals surface area contributed by atoms with Crippen molar-refractivity contribution in [3.8, 4) is 5.75 Å². The van der Waals surface area contributed by atoms with Crippen molar-refractivity contribution in [3.05, 3.63) is 42.2 Å². The topological polar surface area (TPSA) is 85.9 Å². The Bertz CT molecular complexity index is 1250. The lowest BCUT2D eigenvalue weighted by Gasteiger charge is -2.32. The third kappa shape index (κ3) is 5.04. The largest absolute Gasteiger partial charge is 0.495 e. The van der Waals surface area contributed by atoms with E-state index in [-0.39, 0.29) is 17.4 Å². The molecule has 1 aromatic carbocycles. The number of carbonyl (C=O) groups is 1. The molecular weight excluding hydrogens is 490 g/mol. The van der Waals surface area contributed by atoms with Gasteiger partial charge >= 0.3 is 0 Å². The zero-order valence-electron chi connectivity index (χ0n) is 23.5. The number of nitrogens with zero attached hydrogens (tertiary/aromatic N) is 5. The van der Waals surface area contributed by atoms with E-state index in [1.807, 2.05) is 18.3 Å². The lowest BCUT2D eigenvalue weighted by atomic mass is 10.0. The number of aromatic nitrogens is 2. The maximum atomic E-state index is 13.0. The summed E-state index contributed by atoms with van der Waals surface area (Å²) in [6, 6.07) is 6.20. The highest BCUT2D eigenvalue weighted by atomic mass is 16.5. The Labute approximate surface area is 231 Å². The van der Waals surface area contributed by atoms with Crippen LogP contribution in [0.3, 0.4) is 0 Å². The van der Waals surface area contributed by atoms with Crippen LogP contribution in [0.25, 0.3) is 0 Å². The number of likely N-dealkylation sites (tertiary alicyclic amines) is 1. The van der Waals surface area contributed by atoms with Crippen molar-refractivity contribution in [1.82, 2.24) is 20.2 Å². The lowest BCUT2D eigenvalue weighted by molar-refractivity contribution is 0.0916. The summed E-state index contributed by atoms with van der Waals surface area (Å²) in [5, 5.41) is 6.55. The van der Waals surface area contributed by atoms with Gasteiger partial charge in [-0.3, -0.25) is 4.79 Å². The number of piperidine rings is 1. The summed E-state index contributed by atoms with van der Waals surface area (Å²) in [4.78, 5) is 29.7. The number of carbonyl (C=O) groups excluding carboxylic acids is 1. The Morgan fingerprint density at radius 2 is 1.87 bits per heavy atom. The molecule has 1 amide bonds. The van der Waals surface area contributed by atoms with E-state index in [1.165, 1.54) is 44.2 Å². The van der Waals surface area contributed by atoms with Crippen molar-refractivity contribution in [3.63, 3.8) is 0 Å². The van der Waals surface area contributed by atoms with Crippen LogP contribution < -0.4 is 25.2 Å². The zero-order chi connectivity index (χ0) is 27.1. The van der Waals surface area contributed by atoms with Crippen molar-refractivity contribution in [2.24, 2.45) is 5.41 Å². The van der Waals surface area contributed by atoms with Gasteiger partial charge < -0.3 is 30.1 Å². The molecule has 9 heteroatoms. The molecular formula is C30H41N7O2. The van der Waals surface area contributed by atoms with Crippen LogP contribution in [-0.2, 0) is 0 Å². The van der Waals surface area contributed by atoms with Crippen LogP contribution in [0, 0.1) is 5.41 Å². The molecule has 3 fully saturated rings. The van der Waals surface area contributed by atoms with Gasteiger partial charge in [-0.1, -0.05) is 19.4 Å². The fraction of sp³-hybridized carbons (Fsp3) is 0.567. The number of ether oxygens (including phenoxy) is 1. The van der Waals surface area contributed by atoms with Gasteiger partial charge in [-0.25, -0.2) is 4.98 Å². The first-order chi connectivity index (χ1) is 18.9. The molecule has 4 aliphatic rings. The summed E-state index contributed by atoms with van der Waals surface area (Å²) in [5.74, 6) is 2.00. The molecule has 0 unspecified atom stereocenters. The van der Waals surface area contributed by atoms with E-state index in [1.54, 1.807) is 13.2 Å². The van der Waals surface area contributed by atoms with E-state index in [0.29, 0.717) is 23.3 Å². The maximum Gasteiger partial charge on any atom is 0.251 e. The van der Waals surface area contributed by atoms with Gasteiger partial charge in [0.05, 0.1) is 19.0 Å². The minimum Gasteiger partial charge on any atom is -0.495 e. The number of fused-ring (bicyclic) bond motifs is 1. The van der Waals surface area contributed by atoms with Crippen LogP contribution in [0.2, 0.25) is 0 Å². The molecule has 0 radical (unpaired) electrons. The standard InChI is InChI=1S/C30H41N7O2/c1-20-30(13-14-30)19-37(23-7-5-6-8-23)27-25(36(20)3)18-31-29(34-27)33-24-10-9-21(17-26(24)39-4)28(38)32-22-11-15-35(2)16-12-22/h9-10,17-18,22-23H,1,5-8,11-16,19H2,2-4H3,(H,32,38)(H,31,33,34). The molecule has 39 heavy (non-hydrogen) atoms. The number of amides is 1. The quantitative estimate of drug-likeness (QED) is 0.562. The van der Waals surface area contributed by atoms with Crippen molar-refractivity contribution < 1.29 is 9.53 Å². The molecule has 2 aromatic rings. The third-order valence-corrected chi connectivity index (χ3v) is 9.26. The molecule has 0 atom stereocenters. The van der Waals surface area contributed by atoms with Crippen molar-refractivity contribution in [2.45, 2.75) is 63.5 Å². The van der Waals surface area contributed by atoms with E-state index in [2.05, 4.69) is 51.0 Å². The van der Waals surface area contributed by atoms with Gasteiger partial charge in [-0.05, 0) is 76.9 Å². The second kappa shape index (κ2) is 10.3. The summed E-state index contributed by atoms with van der Waals surface area (Å²) < 4.78 is 5.68. The molecule has 6 rings (SSSR count). The molecule has 2 N–H and O–H groups in total. The second-order valence-electron chi connectivity index (χ2n) is 11.8. The highest BCUT2D eigenvalue weighted by molar-refractivity contribution is 5.95. The first kappa shape index (κ1) is 25.9. The van der Waals surface area contributed by atoms with Gasteiger partial charge in [-0.2, -0.15) is 4.98 Å². The lowest BCUT2D eigenvalue weighted by Crippen LogP contribution is -2.43. The predicted molar refractivity (Wildman–Crippen MR) is 155 cm³/mol. The second-order valence-corrected chi connectivity index (χ2v) is 11.8. The molecule has 2 aliphatic carbocycles. The maximum absolute atomic E-state index is 13.0. The van der Waals surface area contributed by atoms with E-state index < -0.39 is 0 Å². The average molecular weight is 532 g/mol. The molecule has 3 heterocycles. The minimum absolute atomic E-state index is 0.0693. The van der Waals surface area contributed by atoms with Gasteiger partial charge in [0, 0.05) is 42.4 Å². The fourth-order valence-electron chi connectivity index (χ4n) is 6.46. The minimum atomic E-state index is -0.0693. The van der Waals surface area contributed by atoms with Crippen LogP contribution in [0.1, 0.15) is 61.7 Å². The molecule has 1 spiro atoms. The summed E-state index contributed by atoms with van der Waals surface area (Å²) in [7, 11) is 5.83. The number of nitrogens with one attached hydrogen (secondary N) is 2. The van der Waals surface area contributed by atoms with E-state index >= 15 is 0 Å². The average Bonchev–Trinajstić information content (AvgIpc) is 3.55. The van der Waals surface area contributed by atoms with Crippen LogP contribution in [-0.4, -0.2) is 73.7 Å². The molecule has 2 aliphatic heterocycles. The van der Waals surface area contributed by atoms with Crippen LogP contribution in [0.15, 0.2) is 36.7 Å². The van der Waals surface area contributed by atoms with Crippen molar-refractivity contribution in [2.75, 3.05) is 56.0 Å². The molecule has 9 nitrogen and oxygen atoms in total. The first-order valence-electron chi connectivity index (χ1n) is 14.4. The Balaban J connectivity index is 1.24. The smallest absolute Gasteiger partial charge is 0.251 e. The van der Waals surface area contributed by atoms with Crippen molar-refractivity contribution in [1.29, 1.82) is 0 Å². The van der Waals surface area contributed by atoms with Crippen LogP contribution >= 0.6 is 0 Å². The molecule has 1 aromatic heterocycles. The number of rotatable bonds is 6. The van der Waals surface area contributed by atoms with E-state index in [4.69, 9.17) is 9.72 Å². The van der Waals surface area contributed by atoms with Crippen LogP contribution in [0.4, 0.5) is 23.1 Å².